The van der Waals surface area contributed by atoms with E-state index >= 15 is 0 Å². The zero-order valence-corrected chi connectivity index (χ0v) is 12.7. The normalized spacial score (nSPS) is 16.4. The van der Waals surface area contributed by atoms with Crippen LogP contribution in [0.2, 0.25) is 0 Å². The lowest BCUT2D eigenvalue weighted by Gasteiger charge is -2.13. The summed E-state index contributed by atoms with van der Waals surface area (Å²) in [6.45, 7) is 2.01. The van der Waals surface area contributed by atoms with Crippen molar-refractivity contribution >= 4 is 33.2 Å². The van der Waals surface area contributed by atoms with Gasteiger partial charge in [-0.15, -0.1) is 0 Å². The van der Waals surface area contributed by atoms with E-state index in [1.165, 1.54) is 5.56 Å². The van der Waals surface area contributed by atoms with Gasteiger partial charge in [-0.25, -0.2) is 0 Å². The summed E-state index contributed by atoms with van der Waals surface area (Å²) < 4.78 is 0.895. The molecule has 0 saturated carbocycles. The standard InChI is InChI=1S/C16H15BrN2O/c1-10-6-7-12(17)14(8-10)19-16(20)15-9-11-4-2-3-5-13(11)18-15/h2-8,15,18H,9H2,1H3,(H,19,20)/t15-/m0/s1. The van der Waals surface area contributed by atoms with Crippen LogP contribution < -0.4 is 10.6 Å². The van der Waals surface area contributed by atoms with Crippen LogP contribution in [0.5, 0.6) is 0 Å². The number of anilines is 2. The highest BCUT2D eigenvalue weighted by Crippen LogP contribution is 2.27. The van der Waals surface area contributed by atoms with Crippen LogP contribution in [0.15, 0.2) is 46.9 Å². The molecule has 1 heterocycles. The topological polar surface area (TPSA) is 41.1 Å². The summed E-state index contributed by atoms with van der Waals surface area (Å²) in [7, 11) is 0. The van der Waals surface area contributed by atoms with Gasteiger partial charge in [0.1, 0.15) is 6.04 Å². The van der Waals surface area contributed by atoms with Gasteiger partial charge in [0.25, 0.3) is 0 Å². The highest BCUT2D eigenvalue weighted by Gasteiger charge is 2.26. The summed E-state index contributed by atoms with van der Waals surface area (Å²) in [5, 5.41) is 6.24. The Morgan fingerprint density at radius 3 is 2.90 bits per heavy atom. The first kappa shape index (κ1) is 13.2. The lowest BCUT2D eigenvalue weighted by Crippen LogP contribution is -2.32. The van der Waals surface area contributed by atoms with E-state index in [1.54, 1.807) is 0 Å². The van der Waals surface area contributed by atoms with Crippen LogP contribution in [0, 0.1) is 6.92 Å². The number of amides is 1. The molecule has 2 N–H and O–H groups in total. The van der Waals surface area contributed by atoms with Crippen molar-refractivity contribution in [1.82, 2.24) is 0 Å². The van der Waals surface area contributed by atoms with Crippen molar-refractivity contribution in [3.63, 3.8) is 0 Å². The molecule has 1 amide bonds. The molecule has 0 saturated heterocycles. The molecule has 1 atom stereocenters. The minimum Gasteiger partial charge on any atom is -0.373 e. The predicted molar refractivity (Wildman–Crippen MR) is 85.1 cm³/mol. The Kier molecular flexibility index (Phi) is 3.49. The summed E-state index contributed by atoms with van der Waals surface area (Å²) in [6.07, 6.45) is 0.728. The third-order valence-electron chi connectivity index (χ3n) is 3.47. The number of carbonyl (C=O) groups excluding carboxylic acids is 1. The lowest BCUT2D eigenvalue weighted by molar-refractivity contribution is -0.116. The average molecular weight is 331 g/mol. The molecule has 1 aliphatic rings. The number of benzene rings is 2. The van der Waals surface area contributed by atoms with Crippen LogP contribution in [-0.2, 0) is 11.2 Å². The molecule has 2 aromatic carbocycles. The number of hydrogen-bond donors (Lipinski definition) is 2. The fourth-order valence-corrected chi connectivity index (χ4v) is 2.76. The molecule has 20 heavy (non-hydrogen) atoms. The van der Waals surface area contributed by atoms with E-state index in [2.05, 4.69) is 32.6 Å². The maximum absolute atomic E-state index is 12.4. The SMILES string of the molecule is Cc1ccc(Br)c(NC(=O)[C@@H]2Cc3ccccc3N2)c1. The maximum Gasteiger partial charge on any atom is 0.247 e. The Hall–Kier alpha value is -1.81. The van der Waals surface area contributed by atoms with Crippen LogP contribution in [0.3, 0.4) is 0 Å². The molecule has 0 fully saturated rings. The van der Waals surface area contributed by atoms with Gasteiger partial charge in [-0.2, -0.15) is 0 Å². The van der Waals surface area contributed by atoms with Crippen LogP contribution in [0.1, 0.15) is 11.1 Å². The molecule has 2 aromatic rings. The minimum atomic E-state index is -0.209. The number of rotatable bonds is 2. The summed E-state index contributed by atoms with van der Waals surface area (Å²) in [6, 6.07) is 13.7. The largest absolute Gasteiger partial charge is 0.373 e. The van der Waals surface area contributed by atoms with Gasteiger partial charge < -0.3 is 10.6 Å². The molecule has 0 bridgehead atoms. The third-order valence-corrected chi connectivity index (χ3v) is 4.16. The van der Waals surface area contributed by atoms with E-state index in [9.17, 15) is 4.79 Å². The highest BCUT2D eigenvalue weighted by molar-refractivity contribution is 9.10. The fourth-order valence-electron chi connectivity index (χ4n) is 2.41. The highest BCUT2D eigenvalue weighted by atomic mass is 79.9. The van der Waals surface area contributed by atoms with Gasteiger partial charge in [0.15, 0.2) is 0 Å². The predicted octanol–water partition coefficient (Wildman–Crippen LogP) is 3.73. The van der Waals surface area contributed by atoms with E-state index < -0.39 is 0 Å². The third kappa shape index (κ3) is 2.56. The first-order valence-electron chi connectivity index (χ1n) is 6.55. The van der Waals surface area contributed by atoms with E-state index in [-0.39, 0.29) is 11.9 Å². The van der Waals surface area contributed by atoms with E-state index in [1.807, 2.05) is 43.3 Å². The number of halogens is 1. The molecule has 3 nitrogen and oxygen atoms in total. The molecule has 0 radical (unpaired) electrons. The van der Waals surface area contributed by atoms with Gasteiger partial charge in [0.2, 0.25) is 5.91 Å². The second-order valence-corrected chi connectivity index (χ2v) is 5.89. The van der Waals surface area contributed by atoms with Crippen molar-refractivity contribution in [2.75, 3.05) is 10.6 Å². The summed E-state index contributed by atoms with van der Waals surface area (Å²) in [5.74, 6) is -0.00694. The van der Waals surface area contributed by atoms with Gasteiger partial charge >= 0.3 is 0 Å². The van der Waals surface area contributed by atoms with Gasteiger partial charge in [-0.3, -0.25) is 4.79 Å². The Labute approximate surface area is 126 Å². The van der Waals surface area contributed by atoms with Crippen LogP contribution in [-0.4, -0.2) is 11.9 Å². The van der Waals surface area contributed by atoms with Crippen molar-refractivity contribution in [2.24, 2.45) is 0 Å². The van der Waals surface area contributed by atoms with Crippen molar-refractivity contribution in [1.29, 1.82) is 0 Å². The Balaban J connectivity index is 1.74. The lowest BCUT2D eigenvalue weighted by atomic mass is 10.1. The van der Waals surface area contributed by atoms with Crippen LogP contribution in [0.25, 0.3) is 0 Å². The molecular weight excluding hydrogens is 316 g/mol. The Morgan fingerprint density at radius 1 is 1.30 bits per heavy atom. The second kappa shape index (κ2) is 5.29. The van der Waals surface area contributed by atoms with Crippen LogP contribution >= 0.6 is 15.9 Å². The van der Waals surface area contributed by atoms with Crippen LogP contribution in [0.4, 0.5) is 11.4 Å². The number of fused-ring (bicyclic) bond motifs is 1. The molecule has 0 aliphatic carbocycles. The van der Waals surface area contributed by atoms with Crippen molar-refractivity contribution < 1.29 is 4.79 Å². The Bertz CT molecular complexity index is 644. The van der Waals surface area contributed by atoms with Crippen molar-refractivity contribution in [3.8, 4) is 0 Å². The molecule has 0 unspecified atom stereocenters. The fraction of sp³-hybridized carbons (Fsp3) is 0.188. The summed E-state index contributed by atoms with van der Waals surface area (Å²) in [5.41, 5.74) is 4.17. The van der Waals surface area contributed by atoms with E-state index in [0.29, 0.717) is 0 Å². The molecule has 4 heteroatoms. The van der Waals surface area contributed by atoms with Crippen molar-refractivity contribution in [3.05, 3.63) is 58.1 Å². The number of para-hydroxylation sites is 1. The second-order valence-electron chi connectivity index (χ2n) is 5.03. The van der Waals surface area contributed by atoms with Gasteiger partial charge in [0.05, 0.1) is 5.69 Å². The first-order valence-corrected chi connectivity index (χ1v) is 7.34. The summed E-state index contributed by atoms with van der Waals surface area (Å²) >= 11 is 3.46. The number of nitrogens with one attached hydrogen (secondary N) is 2. The number of carbonyl (C=O) groups is 1. The Morgan fingerprint density at radius 2 is 2.10 bits per heavy atom. The average Bonchev–Trinajstić information content (AvgIpc) is 2.87. The molecule has 0 aromatic heterocycles. The van der Waals surface area contributed by atoms with Gasteiger partial charge in [-0.1, -0.05) is 24.3 Å². The molecule has 0 spiro atoms. The molecule has 102 valence electrons. The molecule has 1 aliphatic heterocycles. The molecule has 3 rings (SSSR count). The number of hydrogen-bond acceptors (Lipinski definition) is 2. The smallest absolute Gasteiger partial charge is 0.247 e. The van der Waals surface area contributed by atoms with Crippen molar-refractivity contribution in [2.45, 2.75) is 19.4 Å². The van der Waals surface area contributed by atoms with E-state index in [4.69, 9.17) is 0 Å². The van der Waals surface area contributed by atoms with E-state index in [0.717, 1.165) is 27.8 Å². The van der Waals surface area contributed by atoms with Gasteiger partial charge in [-0.05, 0) is 52.2 Å². The minimum absolute atomic E-state index is 0.00694. The monoisotopic (exact) mass is 330 g/mol. The zero-order chi connectivity index (χ0) is 14.1. The zero-order valence-electron chi connectivity index (χ0n) is 11.1. The maximum atomic E-state index is 12.4. The summed E-state index contributed by atoms with van der Waals surface area (Å²) in [4.78, 5) is 12.4. The van der Waals surface area contributed by atoms with Gasteiger partial charge in [0, 0.05) is 16.6 Å². The first-order chi connectivity index (χ1) is 9.63. The number of aryl methyl sites for hydroxylation is 1. The quantitative estimate of drug-likeness (QED) is 0.880. The molecular formula is C16H15BrN2O.